The van der Waals surface area contributed by atoms with Crippen LogP contribution in [0.4, 0.5) is 4.39 Å². The van der Waals surface area contributed by atoms with Gasteiger partial charge < -0.3 is 0 Å². The fourth-order valence-corrected chi connectivity index (χ4v) is 5.80. The van der Waals surface area contributed by atoms with Crippen molar-refractivity contribution in [3.05, 3.63) is 83.9 Å². The molecule has 0 unspecified atom stereocenters. The molecule has 1 aromatic heterocycles. The maximum Gasteiger partial charge on any atom is 0.240 e. The molecule has 0 aliphatic rings. The highest BCUT2D eigenvalue weighted by Crippen LogP contribution is 2.26. The van der Waals surface area contributed by atoms with E-state index in [9.17, 15) is 21.2 Å². The summed E-state index contributed by atoms with van der Waals surface area (Å²) in [7, 11) is -7.96. The second-order valence-electron chi connectivity index (χ2n) is 6.95. The highest BCUT2D eigenvalue weighted by Gasteiger charge is 2.24. The van der Waals surface area contributed by atoms with Gasteiger partial charge in [0.25, 0.3) is 0 Å². The Bertz CT molecular complexity index is 1240. The largest absolute Gasteiger partial charge is 0.261 e. The number of sulfonamides is 1. The number of rotatable bonds is 9. The van der Waals surface area contributed by atoms with Crippen LogP contribution >= 0.6 is 0 Å². The van der Waals surface area contributed by atoms with Gasteiger partial charge in [-0.05, 0) is 60.5 Å². The van der Waals surface area contributed by atoms with Gasteiger partial charge in [-0.25, -0.2) is 25.9 Å². The van der Waals surface area contributed by atoms with Crippen molar-refractivity contribution in [2.24, 2.45) is 0 Å². The van der Waals surface area contributed by atoms with E-state index in [0.717, 1.165) is 30.0 Å². The lowest BCUT2D eigenvalue weighted by atomic mass is 10.1. The van der Waals surface area contributed by atoms with Crippen LogP contribution in [0.15, 0.2) is 81.5 Å². The molecule has 9 heteroatoms. The van der Waals surface area contributed by atoms with Crippen LogP contribution in [-0.2, 0) is 32.7 Å². The lowest BCUT2D eigenvalue weighted by molar-refractivity contribution is 0.579. The molecule has 0 fully saturated rings. The minimum Gasteiger partial charge on any atom is -0.261 e. The topological polar surface area (TPSA) is 93.2 Å². The van der Waals surface area contributed by atoms with Crippen molar-refractivity contribution in [2.45, 2.75) is 40.9 Å². The second-order valence-corrected chi connectivity index (χ2v) is 10.6. The maximum atomic E-state index is 13.2. The molecular weight excluding hydrogens is 439 g/mol. The third-order valence-electron chi connectivity index (χ3n) is 4.68. The van der Waals surface area contributed by atoms with Gasteiger partial charge in [0.05, 0.1) is 14.7 Å². The number of benzene rings is 2. The summed E-state index contributed by atoms with van der Waals surface area (Å²) in [4.78, 5) is 3.82. The van der Waals surface area contributed by atoms with Crippen LogP contribution in [0.25, 0.3) is 0 Å². The molecule has 3 aromatic rings. The maximum absolute atomic E-state index is 13.2. The first-order valence-electron chi connectivity index (χ1n) is 9.77. The Morgan fingerprint density at radius 3 is 2.26 bits per heavy atom. The molecule has 0 aliphatic carbocycles. The van der Waals surface area contributed by atoms with Gasteiger partial charge in [0.15, 0.2) is 0 Å². The third kappa shape index (κ3) is 5.55. The fraction of sp³-hybridized carbons (Fsp3) is 0.227. The van der Waals surface area contributed by atoms with Gasteiger partial charge in [-0.15, -0.1) is 0 Å². The number of halogens is 1. The van der Waals surface area contributed by atoms with Crippen LogP contribution < -0.4 is 4.72 Å². The molecule has 164 valence electrons. The van der Waals surface area contributed by atoms with Gasteiger partial charge in [-0.3, -0.25) is 4.98 Å². The van der Waals surface area contributed by atoms with Gasteiger partial charge in [0.2, 0.25) is 19.9 Å². The van der Waals surface area contributed by atoms with Crippen LogP contribution in [0.5, 0.6) is 0 Å². The molecule has 2 aromatic carbocycles. The Morgan fingerprint density at radius 1 is 0.903 bits per heavy atom. The zero-order valence-corrected chi connectivity index (χ0v) is 18.6. The summed E-state index contributed by atoms with van der Waals surface area (Å²) in [5.41, 5.74) is 1.28. The average molecular weight is 463 g/mol. The van der Waals surface area contributed by atoms with Gasteiger partial charge >= 0.3 is 0 Å². The molecule has 0 saturated heterocycles. The molecule has 1 heterocycles. The van der Waals surface area contributed by atoms with Crippen LogP contribution in [0, 0.1) is 5.82 Å². The number of aromatic nitrogens is 1. The fourth-order valence-electron chi connectivity index (χ4n) is 3.12. The molecule has 0 aliphatic heterocycles. The highest BCUT2D eigenvalue weighted by molar-refractivity contribution is 7.91. The quantitative estimate of drug-likeness (QED) is 0.491. The van der Waals surface area contributed by atoms with Gasteiger partial charge in [0, 0.05) is 24.9 Å². The number of hydrogen-bond donors (Lipinski definition) is 1. The number of sulfone groups is 1. The van der Waals surface area contributed by atoms with Crippen LogP contribution in [0.2, 0.25) is 0 Å². The van der Waals surface area contributed by atoms with E-state index in [1.807, 2.05) is 13.0 Å². The number of pyridine rings is 1. The number of nitrogens with one attached hydrogen (secondary N) is 1. The summed E-state index contributed by atoms with van der Waals surface area (Å²) in [6, 6.07) is 13.9. The summed E-state index contributed by atoms with van der Waals surface area (Å²) in [6.07, 6.45) is 3.21. The van der Waals surface area contributed by atoms with Crippen LogP contribution in [-0.4, -0.2) is 28.4 Å². The predicted molar refractivity (Wildman–Crippen MR) is 115 cm³/mol. The van der Waals surface area contributed by atoms with Crippen LogP contribution in [0.1, 0.15) is 24.6 Å². The van der Waals surface area contributed by atoms with Crippen molar-refractivity contribution in [2.75, 3.05) is 6.54 Å². The van der Waals surface area contributed by atoms with Gasteiger partial charge in [0.1, 0.15) is 5.82 Å². The minimum atomic E-state index is -4.00. The van der Waals surface area contributed by atoms with Crippen molar-refractivity contribution in [3.8, 4) is 0 Å². The molecule has 0 radical (unpaired) electrons. The molecule has 0 atom stereocenters. The van der Waals surface area contributed by atoms with Crippen molar-refractivity contribution in [3.63, 3.8) is 0 Å². The number of aryl methyl sites for hydroxylation is 1. The van der Waals surface area contributed by atoms with Crippen molar-refractivity contribution in [1.29, 1.82) is 0 Å². The average Bonchev–Trinajstić information content (AvgIpc) is 2.75. The van der Waals surface area contributed by atoms with E-state index in [4.69, 9.17) is 0 Å². The van der Waals surface area contributed by atoms with Gasteiger partial charge in [-0.2, -0.15) is 0 Å². The monoisotopic (exact) mass is 462 g/mol. The van der Waals surface area contributed by atoms with E-state index in [2.05, 4.69) is 9.71 Å². The van der Waals surface area contributed by atoms with E-state index in [1.165, 1.54) is 18.2 Å². The molecule has 0 bridgehead atoms. The first kappa shape index (κ1) is 23.1. The minimum absolute atomic E-state index is 0.0708. The second kappa shape index (κ2) is 9.67. The van der Waals surface area contributed by atoms with E-state index >= 15 is 0 Å². The van der Waals surface area contributed by atoms with E-state index in [0.29, 0.717) is 24.8 Å². The molecule has 6 nitrogen and oxygen atoms in total. The third-order valence-corrected chi connectivity index (χ3v) is 7.99. The first-order valence-corrected chi connectivity index (χ1v) is 12.7. The summed E-state index contributed by atoms with van der Waals surface area (Å²) < 4.78 is 67.6. The van der Waals surface area contributed by atoms with Crippen molar-refractivity contribution in [1.82, 2.24) is 9.71 Å². The molecule has 1 N–H and O–H groups in total. The normalized spacial score (nSPS) is 12.1. The molecule has 0 amide bonds. The Balaban J connectivity index is 1.93. The lowest BCUT2D eigenvalue weighted by Crippen LogP contribution is -2.27. The van der Waals surface area contributed by atoms with E-state index in [-0.39, 0.29) is 21.2 Å². The van der Waals surface area contributed by atoms with E-state index < -0.39 is 25.7 Å². The first-order chi connectivity index (χ1) is 14.7. The van der Waals surface area contributed by atoms with E-state index in [1.54, 1.807) is 18.3 Å². The lowest BCUT2D eigenvalue weighted by Gasteiger charge is -2.13. The van der Waals surface area contributed by atoms with Crippen LogP contribution in [0.3, 0.4) is 0 Å². The standard InChI is InChI=1S/C22H23FN2O4S2/c1-2-5-17-7-10-21(30(26,27)20-11-8-18(23)9-12-20)16-22(17)31(28,29)25-15-13-19-6-3-4-14-24-19/h3-4,6-12,14,16,25H,2,5,13,15H2,1H3. The SMILES string of the molecule is CCCc1ccc(S(=O)(=O)c2ccc(F)cc2)cc1S(=O)(=O)NCCc1ccccn1. The number of nitrogens with zero attached hydrogens (tertiary/aromatic N) is 1. The van der Waals surface area contributed by atoms with Crippen molar-refractivity contribution >= 4 is 19.9 Å². The molecule has 0 saturated carbocycles. The van der Waals surface area contributed by atoms with Crippen molar-refractivity contribution < 1.29 is 21.2 Å². The summed E-state index contributed by atoms with van der Waals surface area (Å²) in [5, 5.41) is 0. The zero-order valence-electron chi connectivity index (χ0n) is 17.0. The Labute approximate surface area is 182 Å². The smallest absolute Gasteiger partial charge is 0.240 e. The summed E-state index contributed by atoms with van der Waals surface area (Å²) >= 11 is 0. The molecule has 3 rings (SSSR count). The number of hydrogen-bond acceptors (Lipinski definition) is 5. The molecule has 31 heavy (non-hydrogen) atoms. The highest BCUT2D eigenvalue weighted by atomic mass is 32.2. The Hall–Kier alpha value is -2.62. The Kier molecular flexibility index (Phi) is 7.19. The summed E-state index contributed by atoms with van der Waals surface area (Å²) in [6.45, 7) is 2.04. The predicted octanol–water partition coefficient (Wildman–Crippen LogP) is 3.53. The molecular formula is C22H23FN2O4S2. The summed E-state index contributed by atoms with van der Waals surface area (Å²) in [5.74, 6) is -0.558. The zero-order chi connectivity index (χ0) is 22.5. The van der Waals surface area contributed by atoms with Gasteiger partial charge in [-0.1, -0.05) is 25.5 Å². The Morgan fingerprint density at radius 2 is 1.61 bits per heavy atom. The molecule has 0 spiro atoms.